The molecule has 0 aliphatic carbocycles. The van der Waals surface area contributed by atoms with Crippen LogP contribution in [0.3, 0.4) is 0 Å². The second-order valence-electron chi connectivity index (χ2n) is 7.89. The van der Waals surface area contributed by atoms with Gasteiger partial charge in [0.05, 0.1) is 42.0 Å². The van der Waals surface area contributed by atoms with Crippen molar-refractivity contribution in [1.82, 2.24) is 15.3 Å². The minimum absolute atomic E-state index is 0.000707. The smallest absolute Gasteiger partial charge is 0.255 e. The van der Waals surface area contributed by atoms with Crippen LogP contribution in [-0.2, 0) is 4.74 Å². The average molecular weight is 440 g/mol. The Morgan fingerprint density at radius 1 is 1.28 bits per heavy atom. The molecular weight excluding hydrogens is 418 g/mol. The van der Waals surface area contributed by atoms with E-state index in [0.717, 1.165) is 25.6 Å². The maximum Gasteiger partial charge on any atom is 0.255 e. The van der Waals surface area contributed by atoms with Crippen molar-refractivity contribution < 1.29 is 23.0 Å². The molecule has 2 aliphatic heterocycles. The molecule has 1 amide bonds. The summed E-state index contributed by atoms with van der Waals surface area (Å²) < 4.78 is 39.8. The number of anilines is 2. The van der Waals surface area contributed by atoms with Gasteiger partial charge in [-0.15, -0.1) is 0 Å². The van der Waals surface area contributed by atoms with E-state index in [-0.39, 0.29) is 29.2 Å². The van der Waals surface area contributed by atoms with Crippen molar-refractivity contribution in [2.75, 3.05) is 25.6 Å². The quantitative estimate of drug-likeness (QED) is 0.537. The largest absolute Gasteiger partial charge is 0.492 e. The highest BCUT2D eigenvalue weighted by Gasteiger charge is 2.36. The summed E-state index contributed by atoms with van der Waals surface area (Å²) in [6.45, 7) is 1.19. The first-order valence-corrected chi connectivity index (χ1v) is 10.4. The number of amides is 1. The second-order valence-corrected chi connectivity index (χ2v) is 7.89. The third-order valence-corrected chi connectivity index (χ3v) is 5.99. The van der Waals surface area contributed by atoms with Gasteiger partial charge < -0.3 is 25.1 Å². The molecular formula is C23H22F2N4O3. The van der Waals surface area contributed by atoms with Gasteiger partial charge in [0.1, 0.15) is 0 Å². The SMILES string of the molecule is COc1c(F)cccc1Nc1c(-c2ccncc2F)[nH]c2c1C(=O)NC[C@@H]2C[C@H]1CCO1. The molecule has 2 atom stereocenters. The van der Waals surface area contributed by atoms with Crippen LogP contribution in [0.5, 0.6) is 5.75 Å². The van der Waals surface area contributed by atoms with Gasteiger partial charge in [-0.25, -0.2) is 8.78 Å². The third-order valence-electron chi connectivity index (χ3n) is 5.99. The summed E-state index contributed by atoms with van der Waals surface area (Å²) >= 11 is 0. The predicted molar refractivity (Wildman–Crippen MR) is 114 cm³/mol. The van der Waals surface area contributed by atoms with Crippen LogP contribution in [0.2, 0.25) is 0 Å². The number of pyridine rings is 1. The fourth-order valence-corrected chi connectivity index (χ4v) is 4.31. The molecule has 0 spiro atoms. The molecule has 2 aliphatic rings. The van der Waals surface area contributed by atoms with Gasteiger partial charge in [0.15, 0.2) is 17.4 Å². The van der Waals surface area contributed by atoms with E-state index in [1.54, 1.807) is 6.07 Å². The zero-order chi connectivity index (χ0) is 22.2. The molecule has 4 heterocycles. The number of carbonyl (C=O) groups excluding carboxylic acids is 1. The van der Waals surface area contributed by atoms with Gasteiger partial charge in [-0.1, -0.05) is 6.07 Å². The number of carbonyl (C=O) groups is 1. The van der Waals surface area contributed by atoms with Crippen LogP contribution in [0, 0.1) is 11.6 Å². The van der Waals surface area contributed by atoms with Gasteiger partial charge in [-0.2, -0.15) is 0 Å². The summed E-state index contributed by atoms with van der Waals surface area (Å²) in [5.74, 6) is -1.41. The Labute approximate surface area is 183 Å². The van der Waals surface area contributed by atoms with Crippen molar-refractivity contribution in [1.29, 1.82) is 0 Å². The highest BCUT2D eigenvalue weighted by Crippen LogP contribution is 2.43. The number of aromatic nitrogens is 2. The van der Waals surface area contributed by atoms with E-state index in [1.165, 1.54) is 31.5 Å². The molecule has 1 aromatic carbocycles. The molecule has 0 radical (unpaired) electrons. The molecule has 5 rings (SSSR count). The van der Waals surface area contributed by atoms with Crippen LogP contribution in [-0.4, -0.2) is 42.2 Å². The molecule has 1 saturated heterocycles. The Kier molecular flexibility index (Phi) is 5.26. The molecule has 0 saturated carbocycles. The first-order chi connectivity index (χ1) is 15.6. The van der Waals surface area contributed by atoms with E-state index in [1.807, 2.05) is 0 Å². The zero-order valence-corrected chi connectivity index (χ0v) is 17.4. The zero-order valence-electron chi connectivity index (χ0n) is 17.4. The van der Waals surface area contributed by atoms with Crippen LogP contribution in [0.1, 0.15) is 34.8 Å². The summed E-state index contributed by atoms with van der Waals surface area (Å²) in [6, 6.07) is 5.97. The molecule has 0 unspecified atom stereocenters. The van der Waals surface area contributed by atoms with E-state index in [9.17, 15) is 13.6 Å². The number of hydrogen-bond donors (Lipinski definition) is 3. The number of hydrogen-bond acceptors (Lipinski definition) is 5. The Morgan fingerprint density at radius 3 is 2.84 bits per heavy atom. The molecule has 2 aromatic heterocycles. The fourth-order valence-electron chi connectivity index (χ4n) is 4.31. The van der Waals surface area contributed by atoms with E-state index in [2.05, 4.69) is 20.6 Å². The van der Waals surface area contributed by atoms with Crippen molar-refractivity contribution in [3.8, 4) is 17.0 Å². The van der Waals surface area contributed by atoms with Crippen molar-refractivity contribution in [3.05, 3.63) is 59.6 Å². The molecule has 9 heteroatoms. The summed E-state index contributed by atoms with van der Waals surface area (Å²) in [5.41, 5.74) is 2.39. The Balaban J connectivity index is 1.66. The number of methoxy groups -OCH3 is 1. The number of nitrogens with one attached hydrogen (secondary N) is 3. The molecule has 7 nitrogen and oxygen atoms in total. The highest BCUT2D eigenvalue weighted by molar-refractivity contribution is 6.06. The Hall–Kier alpha value is -3.46. The lowest BCUT2D eigenvalue weighted by molar-refractivity contribution is -0.0582. The van der Waals surface area contributed by atoms with Gasteiger partial charge in [0, 0.05) is 36.5 Å². The summed E-state index contributed by atoms with van der Waals surface area (Å²) in [4.78, 5) is 20.1. The molecule has 0 bridgehead atoms. The third kappa shape index (κ3) is 3.48. The van der Waals surface area contributed by atoms with Gasteiger partial charge in [-0.3, -0.25) is 9.78 Å². The van der Waals surface area contributed by atoms with Crippen LogP contribution in [0.25, 0.3) is 11.3 Å². The average Bonchev–Trinajstić information content (AvgIpc) is 3.12. The van der Waals surface area contributed by atoms with Gasteiger partial charge in [0.2, 0.25) is 0 Å². The number of rotatable bonds is 6. The first-order valence-electron chi connectivity index (χ1n) is 10.4. The normalized spacial score (nSPS) is 19.7. The predicted octanol–water partition coefficient (Wildman–Crippen LogP) is 4.11. The van der Waals surface area contributed by atoms with E-state index >= 15 is 0 Å². The Morgan fingerprint density at radius 2 is 2.12 bits per heavy atom. The number of aromatic amines is 1. The van der Waals surface area contributed by atoms with Gasteiger partial charge >= 0.3 is 0 Å². The van der Waals surface area contributed by atoms with Crippen molar-refractivity contribution in [2.24, 2.45) is 0 Å². The fraction of sp³-hybridized carbons (Fsp3) is 0.304. The van der Waals surface area contributed by atoms with Crippen LogP contribution >= 0.6 is 0 Å². The molecule has 3 N–H and O–H groups in total. The summed E-state index contributed by atoms with van der Waals surface area (Å²) in [6.07, 6.45) is 4.42. The standard InChI is InChI=1S/C23H22F2N4O3/c1-31-22-15(24)3-2-4-17(22)28-21-18-19(29-20(21)14-5-7-26-11-16(14)25)12(10-27-23(18)30)9-13-6-8-32-13/h2-5,7,11-13,28-29H,6,8-10H2,1H3,(H,27,30)/t12-,13+/m0/s1. The van der Waals surface area contributed by atoms with Crippen molar-refractivity contribution >= 4 is 17.3 Å². The van der Waals surface area contributed by atoms with Crippen molar-refractivity contribution in [2.45, 2.75) is 24.9 Å². The monoisotopic (exact) mass is 440 g/mol. The van der Waals surface area contributed by atoms with Gasteiger partial charge in [0.25, 0.3) is 5.91 Å². The van der Waals surface area contributed by atoms with E-state index in [0.29, 0.717) is 34.9 Å². The molecule has 166 valence electrons. The van der Waals surface area contributed by atoms with Crippen LogP contribution in [0.15, 0.2) is 36.7 Å². The minimum Gasteiger partial charge on any atom is -0.492 e. The van der Waals surface area contributed by atoms with Crippen LogP contribution in [0.4, 0.5) is 20.2 Å². The number of H-pyrrole nitrogens is 1. The number of halogens is 2. The molecule has 1 fully saturated rings. The number of fused-ring (bicyclic) bond motifs is 1. The minimum atomic E-state index is -0.553. The van der Waals surface area contributed by atoms with E-state index < -0.39 is 11.6 Å². The lowest BCUT2D eigenvalue weighted by Crippen LogP contribution is -2.38. The highest BCUT2D eigenvalue weighted by atomic mass is 19.1. The summed E-state index contributed by atoms with van der Waals surface area (Å²) in [5, 5.41) is 6.05. The molecule has 32 heavy (non-hydrogen) atoms. The number of benzene rings is 1. The number of ether oxygens (including phenoxy) is 2. The lowest BCUT2D eigenvalue weighted by Gasteiger charge is -2.32. The number of nitrogens with zero attached hydrogens (tertiary/aromatic N) is 1. The lowest BCUT2D eigenvalue weighted by atomic mass is 9.89. The maximum absolute atomic E-state index is 14.7. The number of para-hydroxylation sites is 1. The van der Waals surface area contributed by atoms with Gasteiger partial charge in [-0.05, 0) is 31.0 Å². The molecule has 3 aromatic rings. The first kappa shape index (κ1) is 20.4. The van der Waals surface area contributed by atoms with Crippen LogP contribution < -0.4 is 15.4 Å². The topological polar surface area (TPSA) is 88.3 Å². The Bertz CT molecular complexity index is 1180. The maximum atomic E-state index is 14.7. The summed E-state index contributed by atoms with van der Waals surface area (Å²) in [7, 11) is 1.36. The van der Waals surface area contributed by atoms with E-state index in [4.69, 9.17) is 9.47 Å². The van der Waals surface area contributed by atoms with Crippen molar-refractivity contribution in [3.63, 3.8) is 0 Å². The second kappa shape index (κ2) is 8.23.